The van der Waals surface area contributed by atoms with Gasteiger partial charge in [-0.3, -0.25) is 9.59 Å². The van der Waals surface area contributed by atoms with E-state index in [0.717, 1.165) is 5.01 Å². The number of aromatic nitrogens is 1. The lowest BCUT2D eigenvalue weighted by molar-refractivity contribution is -0.137. The first-order chi connectivity index (χ1) is 7.49. The van der Waals surface area contributed by atoms with Crippen LogP contribution in [0.5, 0.6) is 0 Å². The van der Waals surface area contributed by atoms with E-state index in [1.54, 1.807) is 12.3 Å². The van der Waals surface area contributed by atoms with Crippen LogP contribution in [-0.2, 0) is 4.79 Å². The van der Waals surface area contributed by atoms with Crippen molar-refractivity contribution in [3.8, 4) is 0 Å². The Balaban J connectivity index is 2.42. The van der Waals surface area contributed by atoms with Crippen molar-refractivity contribution in [1.82, 2.24) is 10.3 Å². The SMILES string of the molecule is Cc1nc(C(=O)NC(C)CCC(=O)O)cs1. The minimum atomic E-state index is -0.856. The van der Waals surface area contributed by atoms with Gasteiger partial charge in [0.25, 0.3) is 5.91 Å². The van der Waals surface area contributed by atoms with E-state index < -0.39 is 5.97 Å². The van der Waals surface area contributed by atoms with Crippen molar-refractivity contribution < 1.29 is 14.7 Å². The fourth-order valence-electron chi connectivity index (χ4n) is 1.18. The molecule has 0 fully saturated rings. The standard InChI is InChI=1S/C10H14N2O3S/c1-6(3-4-9(13)14)11-10(15)8-5-16-7(2)12-8/h5-6H,3-4H2,1-2H3,(H,11,15)(H,13,14). The van der Waals surface area contributed by atoms with Gasteiger partial charge in [0.1, 0.15) is 5.69 Å². The number of thiazole rings is 1. The molecule has 1 rings (SSSR count). The summed E-state index contributed by atoms with van der Waals surface area (Å²) in [4.78, 5) is 26.0. The van der Waals surface area contributed by atoms with Crippen LogP contribution in [0.1, 0.15) is 35.3 Å². The molecular formula is C10H14N2O3S. The maximum absolute atomic E-state index is 11.6. The van der Waals surface area contributed by atoms with Crippen molar-refractivity contribution in [2.24, 2.45) is 0 Å². The smallest absolute Gasteiger partial charge is 0.303 e. The number of aryl methyl sites for hydroxylation is 1. The zero-order valence-corrected chi connectivity index (χ0v) is 10.0. The lowest BCUT2D eigenvalue weighted by Crippen LogP contribution is -2.33. The van der Waals surface area contributed by atoms with E-state index in [2.05, 4.69) is 10.3 Å². The van der Waals surface area contributed by atoms with Crippen LogP contribution in [0.2, 0.25) is 0 Å². The second-order valence-corrected chi connectivity index (χ2v) is 4.62. The van der Waals surface area contributed by atoms with Gasteiger partial charge in [-0.2, -0.15) is 0 Å². The Morgan fingerprint density at radius 3 is 2.81 bits per heavy atom. The lowest BCUT2D eigenvalue weighted by Gasteiger charge is -2.11. The van der Waals surface area contributed by atoms with Crippen molar-refractivity contribution in [3.63, 3.8) is 0 Å². The van der Waals surface area contributed by atoms with Gasteiger partial charge < -0.3 is 10.4 Å². The third kappa shape index (κ3) is 3.98. The normalized spacial score (nSPS) is 12.1. The monoisotopic (exact) mass is 242 g/mol. The third-order valence-corrected chi connectivity index (χ3v) is 2.79. The van der Waals surface area contributed by atoms with Crippen LogP contribution in [0.25, 0.3) is 0 Å². The molecule has 1 heterocycles. The van der Waals surface area contributed by atoms with Crippen molar-refractivity contribution in [1.29, 1.82) is 0 Å². The second-order valence-electron chi connectivity index (χ2n) is 3.56. The van der Waals surface area contributed by atoms with Gasteiger partial charge >= 0.3 is 5.97 Å². The summed E-state index contributed by atoms with van der Waals surface area (Å²) in [7, 11) is 0. The molecule has 1 unspecified atom stereocenters. The van der Waals surface area contributed by atoms with E-state index in [4.69, 9.17) is 5.11 Å². The van der Waals surface area contributed by atoms with Crippen LogP contribution < -0.4 is 5.32 Å². The van der Waals surface area contributed by atoms with E-state index in [9.17, 15) is 9.59 Å². The van der Waals surface area contributed by atoms with Crippen LogP contribution in [0.3, 0.4) is 0 Å². The van der Waals surface area contributed by atoms with Crippen molar-refractivity contribution in [3.05, 3.63) is 16.1 Å². The summed E-state index contributed by atoms with van der Waals surface area (Å²) in [6.45, 7) is 3.61. The van der Waals surface area contributed by atoms with Gasteiger partial charge in [0, 0.05) is 17.8 Å². The van der Waals surface area contributed by atoms with Crippen LogP contribution >= 0.6 is 11.3 Å². The minimum Gasteiger partial charge on any atom is -0.481 e. The van der Waals surface area contributed by atoms with Crippen LogP contribution in [0, 0.1) is 6.92 Å². The van der Waals surface area contributed by atoms with E-state index >= 15 is 0 Å². The fraction of sp³-hybridized carbons (Fsp3) is 0.500. The molecule has 0 aliphatic carbocycles. The summed E-state index contributed by atoms with van der Waals surface area (Å²) < 4.78 is 0. The number of nitrogens with zero attached hydrogens (tertiary/aromatic N) is 1. The molecule has 1 aromatic rings. The number of aliphatic carboxylic acids is 1. The van der Waals surface area contributed by atoms with E-state index in [-0.39, 0.29) is 18.4 Å². The lowest BCUT2D eigenvalue weighted by atomic mass is 10.2. The van der Waals surface area contributed by atoms with Gasteiger partial charge in [-0.15, -0.1) is 11.3 Å². The molecule has 0 aliphatic heterocycles. The van der Waals surface area contributed by atoms with Crippen molar-refractivity contribution in [2.75, 3.05) is 0 Å². The number of carboxylic acids is 1. The van der Waals surface area contributed by atoms with Gasteiger partial charge in [-0.05, 0) is 20.3 Å². The highest BCUT2D eigenvalue weighted by molar-refractivity contribution is 7.09. The highest BCUT2D eigenvalue weighted by Gasteiger charge is 2.13. The number of rotatable bonds is 5. The van der Waals surface area contributed by atoms with Gasteiger partial charge in [0.05, 0.1) is 5.01 Å². The first-order valence-corrected chi connectivity index (χ1v) is 5.82. The topological polar surface area (TPSA) is 79.3 Å². The molecule has 1 atom stereocenters. The summed E-state index contributed by atoms with van der Waals surface area (Å²) >= 11 is 1.41. The second kappa shape index (κ2) is 5.60. The Labute approximate surface area is 97.5 Å². The number of amides is 1. The highest BCUT2D eigenvalue weighted by atomic mass is 32.1. The Kier molecular flexibility index (Phi) is 4.42. The molecule has 5 nitrogen and oxygen atoms in total. The molecule has 2 N–H and O–H groups in total. The molecule has 0 aromatic carbocycles. The predicted octanol–water partition coefficient (Wildman–Crippen LogP) is 1.43. The van der Waals surface area contributed by atoms with E-state index in [0.29, 0.717) is 12.1 Å². The molecule has 1 amide bonds. The van der Waals surface area contributed by atoms with Crippen LogP contribution in [0.15, 0.2) is 5.38 Å². The Morgan fingerprint density at radius 2 is 2.31 bits per heavy atom. The molecule has 6 heteroatoms. The number of carboxylic acid groups (broad SMARTS) is 1. The highest BCUT2D eigenvalue weighted by Crippen LogP contribution is 2.08. The van der Waals surface area contributed by atoms with Crippen molar-refractivity contribution in [2.45, 2.75) is 32.7 Å². The summed E-state index contributed by atoms with van der Waals surface area (Å²) in [5.41, 5.74) is 0.393. The molecule has 0 saturated heterocycles. The number of carbonyl (C=O) groups excluding carboxylic acids is 1. The minimum absolute atomic E-state index is 0.0531. The molecule has 0 spiro atoms. The molecule has 0 saturated carbocycles. The van der Waals surface area contributed by atoms with E-state index in [1.807, 2.05) is 6.92 Å². The molecule has 1 aromatic heterocycles. The summed E-state index contributed by atoms with van der Waals surface area (Å²) in [5, 5.41) is 13.7. The van der Waals surface area contributed by atoms with Crippen LogP contribution in [0.4, 0.5) is 0 Å². The van der Waals surface area contributed by atoms with Gasteiger partial charge in [-0.25, -0.2) is 4.98 Å². The first-order valence-electron chi connectivity index (χ1n) is 4.94. The summed E-state index contributed by atoms with van der Waals surface area (Å²) in [6.07, 6.45) is 0.474. The molecule has 0 radical (unpaired) electrons. The van der Waals surface area contributed by atoms with Crippen molar-refractivity contribution >= 4 is 23.2 Å². The number of hydrogen-bond acceptors (Lipinski definition) is 4. The largest absolute Gasteiger partial charge is 0.481 e. The van der Waals surface area contributed by atoms with Gasteiger partial charge in [0.15, 0.2) is 0 Å². The number of nitrogens with one attached hydrogen (secondary N) is 1. The first kappa shape index (κ1) is 12.6. The summed E-state index contributed by atoms with van der Waals surface area (Å²) in [6, 6.07) is -0.161. The average molecular weight is 242 g/mol. The number of carbonyl (C=O) groups is 2. The Morgan fingerprint density at radius 1 is 1.62 bits per heavy atom. The summed E-state index contributed by atoms with van der Waals surface area (Å²) in [5.74, 6) is -1.10. The molecule has 88 valence electrons. The third-order valence-electron chi connectivity index (χ3n) is 2.02. The zero-order valence-electron chi connectivity index (χ0n) is 9.19. The Hall–Kier alpha value is -1.43. The molecule has 16 heavy (non-hydrogen) atoms. The maximum atomic E-state index is 11.6. The predicted molar refractivity (Wildman–Crippen MR) is 60.6 cm³/mol. The van der Waals surface area contributed by atoms with Gasteiger partial charge in [-0.1, -0.05) is 0 Å². The Bertz CT molecular complexity index is 389. The number of hydrogen-bond donors (Lipinski definition) is 2. The zero-order chi connectivity index (χ0) is 12.1. The maximum Gasteiger partial charge on any atom is 0.303 e. The van der Waals surface area contributed by atoms with E-state index in [1.165, 1.54) is 11.3 Å². The molecular weight excluding hydrogens is 228 g/mol. The average Bonchev–Trinajstić information content (AvgIpc) is 2.62. The fourth-order valence-corrected chi connectivity index (χ4v) is 1.77. The van der Waals surface area contributed by atoms with Crippen LogP contribution in [-0.4, -0.2) is 28.0 Å². The quantitative estimate of drug-likeness (QED) is 0.818. The molecule has 0 bridgehead atoms. The molecule has 0 aliphatic rings. The van der Waals surface area contributed by atoms with Gasteiger partial charge in [0.2, 0.25) is 0 Å².